The Bertz CT molecular complexity index is 2990. The Morgan fingerprint density at radius 2 is 1.46 bits per heavy atom. The molecule has 0 spiro atoms. The van der Waals surface area contributed by atoms with Gasteiger partial charge in [0, 0.05) is 138 Å². The number of rotatable bonds is 37. The number of nitriles is 1. The normalized spacial score (nSPS) is 18.7. The standard InChI is InChI=1S/C63H89FIN13O15S/c1-63(64)36-49(37-66)78(42-63)58(84)38-70-60(87)51-13-15-67-53-12-11-50(35-52(51)53)93-31-3-2-18-72-27-29-77(30-28-72)62(89)55(81)41-94-34-17-69-61(88)54(14-32-90-33-16-68-56(82)6-4-5-47-7-9-48(65)10-8-47)71-57(83)39-73-19-20-74(40-59(85)86)22-24-76(44-92-46-80)26-25-75(23-21-73)43-91-45-79/h7-13,15,35,45-46,49,54-55,81H,2-6,14,16-34,36,38-44H2,1H3,(H,68,82)(H,69,88)(H,70,87)(H,71,83)(H,85,86)/t49-,54?,55-,63?/m1/s1. The average Bonchev–Trinajstić information content (AvgIpc) is 1.25. The van der Waals surface area contributed by atoms with Gasteiger partial charge < -0.3 is 60.2 Å². The van der Waals surface area contributed by atoms with Crippen LogP contribution in [0.3, 0.4) is 0 Å². The first-order valence-electron chi connectivity index (χ1n) is 31.7. The van der Waals surface area contributed by atoms with Crippen LogP contribution in [0.25, 0.3) is 10.9 Å². The van der Waals surface area contributed by atoms with E-state index in [9.17, 15) is 63.0 Å². The molecule has 94 heavy (non-hydrogen) atoms. The van der Waals surface area contributed by atoms with Crippen molar-refractivity contribution in [3.63, 3.8) is 0 Å². The number of carboxylic acid groups (broad SMARTS) is 1. The molecule has 4 atom stereocenters. The third kappa shape index (κ3) is 27.4. The highest BCUT2D eigenvalue weighted by atomic mass is 127. The minimum absolute atomic E-state index is 0.0181. The van der Waals surface area contributed by atoms with Crippen LogP contribution >= 0.6 is 34.4 Å². The number of nitrogens with one attached hydrogen (secondary N) is 4. The fourth-order valence-corrected chi connectivity index (χ4v) is 12.1. The number of pyridine rings is 1. The molecule has 1 aromatic heterocycles. The molecular weight excluding hydrogens is 1360 g/mol. The molecule has 3 fully saturated rings. The largest absolute Gasteiger partial charge is 0.494 e. The van der Waals surface area contributed by atoms with Crippen molar-refractivity contribution < 1.29 is 76.7 Å². The number of aliphatic hydroxyl groups is 1. The predicted molar refractivity (Wildman–Crippen MR) is 354 cm³/mol. The number of nitrogens with zero attached hydrogens (tertiary/aromatic N) is 9. The van der Waals surface area contributed by atoms with E-state index in [-0.39, 0.29) is 108 Å². The number of alkyl halides is 1. The second-order valence-electron chi connectivity index (χ2n) is 23.4. The number of carbonyl (C=O) groups is 9. The van der Waals surface area contributed by atoms with Crippen molar-refractivity contribution in [3.05, 3.63) is 69.4 Å². The summed E-state index contributed by atoms with van der Waals surface area (Å²) < 4.78 is 37.6. The van der Waals surface area contributed by atoms with Crippen LogP contribution in [-0.2, 0) is 59.0 Å². The summed E-state index contributed by atoms with van der Waals surface area (Å²) in [4.78, 5) is 130. The lowest BCUT2D eigenvalue weighted by Crippen LogP contribution is -2.52. The summed E-state index contributed by atoms with van der Waals surface area (Å²) in [6.07, 6.45) is 3.54. The molecule has 3 aliphatic heterocycles. The van der Waals surface area contributed by atoms with Crippen molar-refractivity contribution in [3.8, 4) is 11.8 Å². The quantitative estimate of drug-likeness (QED) is 0.0261. The SMILES string of the molecule is CC1(F)C[C@H](C#N)N(C(=O)CNC(=O)c2ccnc3ccc(OCCCCN4CCN(C(=O)[C@H](O)CSCCNC(=O)C(CCOCCNC(=O)CCCc5ccc(I)cc5)NC(=O)CN5CCN(COC=O)CCN(COC=O)CCN(CC(=O)O)CC5)CC4)cc23)C1. The Balaban J connectivity index is 0.918. The predicted octanol–water partition coefficient (Wildman–Crippen LogP) is 0.533. The first-order valence-corrected chi connectivity index (χ1v) is 33.9. The van der Waals surface area contributed by atoms with Gasteiger partial charge in [-0.1, -0.05) is 12.1 Å². The molecule has 6 rings (SSSR count). The molecular formula is C63H89FIN13O15S. The number of ether oxygens (including phenoxy) is 4. The van der Waals surface area contributed by atoms with Crippen molar-refractivity contribution in [1.82, 2.24) is 60.6 Å². The van der Waals surface area contributed by atoms with Gasteiger partial charge in [-0.2, -0.15) is 17.0 Å². The number of fused-ring (bicyclic) bond motifs is 1. The number of likely N-dealkylation sites (tertiary alicyclic amines) is 1. The summed E-state index contributed by atoms with van der Waals surface area (Å²) in [6.45, 7) is 7.41. The van der Waals surface area contributed by atoms with Crippen LogP contribution in [0.2, 0.25) is 0 Å². The average molecular weight is 1450 g/mol. The molecule has 0 bridgehead atoms. The molecule has 4 heterocycles. The molecule has 0 aliphatic carbocycles. The minimum Gasteiger partial charge on any atom is -0.494 e. The number of unbranched alkanes of at least 4 members (excludes halogenated alkanes) is 1. The number of hydrogen-bond acceptors (Lipinski definition) is 22. The maximum atomic E-state index is 14.6. The van der Waals surface area contributed by atoms with Gasteiger partial charge in [0.05, 0.1) is 56.5 Å². The Kier molecular flexibility index (Phi) is 33.3. The molecule has 6 amide bonds. The van der Waals surface area contributed by atoms with Crippen molar-refractivity contribution in [1.29, 1.82) is 5.26 Å². The van der Waals surface area contributed by atoms with Gasteiger partial charge in [0.25, 0.3) is 24.8 Å². The van der Waals surface area contributed by atoms with Crippen molar-refractivity contribution in [2.24, 2.45) is 0 Å². The highest BCUT2D eigenvalue weighted by molar-refractivity contribution is 14.1. The lowest BCUT2D eigenvalue weighted by Gasteiger charge is -2.35. The molecule has 3 saturated heterocycles. The molecule has 3 aliphatic rings. The van der Waals surface area contributed by atoms with Gasteiger partial charge in [-0.05, 0) is 110 Å². The number of aryl methyl sites for hydroxylation is 1. The number of aliphatic carboxylic acids is 1. The summed E-state index contributed by atoms with van der Waals surface area (Å²) in [5, 5.41) is 41.8. The summed E-state index contributed by atoms with van der Waals surface area (Å²) in [5.41, 5.74) is 0.293. The van der Waals surface area contributed by atoms with Crippen LogP contribution in [0, 0.1) is 14.9 Å². The van der Waals surface area contributed by atoms with E-state index in [1.807, 2.05) is 45.0 Å². The van der Waals surface area contributed by atoms with Gasteiger partial charge in [0.1, 0.15) is 43.1 Å². The number of piperazine rings is 1. The molecule has 2 aromatic carbocycles. The molecule has 516 valence electrons. The van der Waals surface area contributed by atoms with Crippen LogP contribution in [0.1, 0.15) is 61.4 Å². The number of carbonyl (C=O) groups excluding carboxylic acids is 8. The first kappa shape index (κ1) is 76.1. The fraction of sp³-hybridized carbons (Fsp3) is 0.603. The minimum atomic E-state index is -1.68. The lowest BCUT2D eigenvalue weighted by atomic mass is 10.1. The third-order valence-electron chi connectivity index (χ3n) is 16.1. The summed E-state index contributed by atoms with van der Waals surface area (Å²) in [6, 6.07) is 14.9. The van der Waals surface area contributed by atoms with Gasteiger partial charge >= 0.3 is 5.97 Å². The molecule has 2 unspecified atom stereocenters. The van der Waals surface area contributed by atoms with E-state index in [0.29, 0.717) is 120 Å². The van der Waals surface area contributed by atoms with Crippen LogP contribution < -0.4 is 26.0 Å². The van der Waals surface area contributed by atoms with Crippen LogP contribution in [0.15, 0.2) is 54.7 Å². The Morgan fingerprint density at radius 3 is 2.12 bits per heavy atom. The molecule has 0 radical (unpaired) electrons. The number of carboxylic acids is 1. The number of aliphatic hydroxyl groups excluding tert-OH is 1. The molecule has 3 aromatic rings. The number of hydrogen-bond donors (Lipinski definition) is 6. The van der Waals surface area contributed by atoms with Crippen LogP contribution in [0.5, 0.6) is 5.75 Å². The summed E-state index contributed by atoms with van der Waals surface area (Å²) >= 11 is 3.53. The van der Waals surface area contributed by atoms with Crippen molar-refractivity contribution in [2.75, 3.05) is 169 Å². The molecule has 31 heteroatoms. The second-order valence-corrected chi connectivity index (χ2v) is 25.8. The van der Waals surface area contributed by atoms with Gasteiger partial charge in [0.2, 0.25) is 23.6 Å². The van der Waals surface area contributed by atoms with E-state index in [1.54, 1.807) is 28.0 Å². The van der Waals surface area contributed by atoms with Crippen molar-refractivity contribution >= 4 is 99.6 Å². The van der Waals surface area contributed by atoms with Gasteiger partial charge in [-0.3, -0.25) is 72.6 Å². The van der Waals surface area contributed by atoms with E-state index in [2.05, 4.69) is 53.7 Å². The number of thioether (sulfide) groups is 1. The zero-order chi connectivity index (χ0) is 67.7. The second kappa shape index (κ2) is 41.1. The zero-order valence-corrected chi connectivity index (χ0v) is 56.3. The Hall–Kier alpha value is -6.90. The molecule has 28 nitrogen and oxygen atoms in total. The van der Waals surface area contributed by atoms with Crippen LogP contribution in [0.4, 0.5) is 4.39 Å². The highest BCUT2D eigenvalue weighted by Crippen LogP contribution is 2.30. The Morgan fingerprint density at radius 1 is 0.798 bits per heavy atom. The fourth-order valence-electron chi connectivity index (χ4n) is 10.9. The third-order valence-corrected chi connectivity index (χ3v) is 17.9. The maximum absolute atomic E-state index is 14.6. The number of amides is 6. The highest BCUT2D eigenvalue weighted by Gasteiger charge is 2.43. The van der Waals surface area contributed by atoms with Gasteiger partial charge in [-0.25, -0.2) is 4.39 Å². The van der Waals surface area contributed by atoms with E-state index < -0.39 is 60.0 Å². The molecule has 0 saturated carbocycles. The smallest absolute Gasteiger partial charge is 0.317 e. The first-order chi connectivity index (χ1) is 45.3. The van der Waals surface area contributed by atoms with Crippen LogP contribution in [-0.4, -0.2) is 297 Å². The summed E-state index contributed by atoms with van der Waals surface area (Å²) in [5.74, 6) is -2.61. The molecule has 6 N–H and O–H groups in total. The van der Waals surface area contributed by atoms with Gasteiger partial charge in [-0.15, -0.1) is 0 Å². The topological polar surface area (TPSA) is 338 Å². The lowest BCUT2D eigenvalue weighted by molar-refractivity contribution is -0.141. The van der Waals surface area contributed by atoms with E-state index >= 15 is 0 Å². The van der Waals surface area contributed by atoms with Gasteiger partial charge in [0.15, 0.2) is 0 Å². The van der Waals surface area contributed by atoms with E-state index in [4.69, 9.17) is 18.9 Å². The Labute approximate surface area is 565 Å². The zero-order valence-electron chi connectivity index (χ0n) is 53.3. The monoisotopic (exact) mass is 1450 g/mol. The van der Waals surface area contributed by atoms with E-state index in [1.165, 1.54) is 30.9 Å². The number of benzene rings is 2. The van der Waals surface area contributed by atoms with Crippen molar-refractivity contribution in [2.45, 2.75) is 75.7 Å². The maximum Gasteiger partial charge on any atom is 0.317 e. The number of aromatic nitrogens is 1. The summed E-state index contributed by atoms with van der Waals surface area (Å²) in [7, 11) is 0. The van der Waals surface area contributed by atoms with E-state index in [0.717, 1.165) is 39.8 Å². The number of halogens is 2.